The second-order valence-electron chi connectivity index (χ2n) is 16.7. The molecule has 6 nitrogen and oxygen atoms in total. The maximum atomic E-state index is 12.8. The molecule has 0 aromatic carbocycles. The van der Waals surface area contributed by atoms with Crippen molar-refractivity contribution in [3.05, 3.63) is 0 Å². The lowest BCUT2D eigenvalue weighted by molar-refractivity contribution is -0.162. The lowest BCUT2D eigenvalue weighted by Crippen LogP contribution is -2.39. The number of ether oxygens (including phenoxy) is 3. The van der Waals surface area contributed by atoms with E-state index in [4.69, 9.17) is 14.2 Å². The van der Waals surface area contributed by atoms with E-state index in [1.165, 1.54) is 154 Å². The Bertz CT molecular complexity index is 723. The van der Waals surface area contributed by atoms with E-state index in [1.54, 1.807) is 0 Å². The SMILES string of the molecule is CCCCCCCCCCCCCC(=O)OCC(CC)(COC(=O)CCCCCCCCCCCCC)COC(=O)CCCCCCCCCCCCC. The monoisotopic (exact) mass is 765 g/mol. The van der Waals surface area contributed by atoms with Crippen LogP contribution in [0.5, 0.6) is 0 Å². The molecule has 0 aliphatic rings. The fourth-order valence-corrected chi connectivity index (χ4v) is 7.15. The van der Waals surface area contributed by atoms with Crippen molar-refractivity contribution in [2.45, 2.75) is 265 Å². The van der Waals surface area contributed by atoms with Gasteiger partial charge in [0.15, 0.2) is 0 Å². The minimum Gasteiger partial charge on any atom is -0.465 e. The van der Waals surface area contributed by atoms with E-state index in [0.717, 1.165) is 57.8 Å². The average molecular weight is 765 g/mol. The summed E-state index contributed by atoms with van der Waals surface area (Å²) in [6.45, 7) is 9.05. The Hall–Kier alpha value is -1.59. The molecule has 0 atom stereocenters. The first-order valence-corrected chi connectivity index (χ1v) is 23.9. The molecule has 0 aliphatic heterocycles. The summed E-state index contributed by atoms with van der Waals surface area (Å²) in [4.78, 5) is 38.3. The molecule has 0 amide bonds. The minimum absolute atomic E-state index is 0.0951. The molecule has 0 rings (SSSR count). The van der Waals surface area contributed by atoms with E-state index in [2.05, 4.69) is 20.8 Å². The molecule has 0 aromatic rings. The number of hydrogen-bond donors (Lipinski definition) is 0. The summed E-state index contributed by atoms with van der Waals surface area (Å²) in [5, 5.41) is 0. The lowest BCUT2D eigenvalue weighted by Gasteiger charge is -2.31. The van der Waals surface area contributed by atoms with Gasteiger partial charge in [-0.05, 0) is 25.7 Å². The Labute approximate surface area is 336 Å². The van der Waals surface area contributed by atoms with Crippen LogP contribution >= 0.6 is 0 Å². The first-order chi connectivity index (χ1) is 26.4. The maximum Gasteiger partial charge on any atom is 0.305 e. The maximum absolute atomic E-state index is 12.8. The van der Waals surface area contributed by atoms with Gasteiger partial charge in [-0.3, -0.25) is 14.4 Å². The average Bonchev–Trinajstić information content (AvgIpc) is 3.18. The second kappa shape index (κ2) is 41.1. The van der Waals surface area contributed by atoms with E-state index in [-0.39, 0.29) is 37.7 Å². The Morgan fingerprint density at radius 2 is 0.481 bits per heavy atom. The van der Waals surface area contributed by atoms with Crippen LogP contribution in [0, 0.1) is 5.41 Å². The number of rotatable bonds is 43. The molecule has 0 heterocycles. The van der Waals surface area contributed by atoms with Gasteiger partial charge in [-0.15, -0.1) is 0 Å². The fourth-order valence-electron chi connectivity index (χ4n) is 7.15. The lowest BCUT2D eigenvalue weighted by atomic mass is 9.88. The molecule has 320 valence electrons. The number of carbonyl (C=O) groups excluding carboxylic acids is 3. The Morgan fingerprint density at radius 3 is 0.667 bits per heavy atom. The largest absolute Gasteiger partial charge is 0.465 e. The van der Waals surface area contributed by atoms with Crippen LogP contribution in [0.1, 0.15) is 265 Å². The highest BCUT2D eigenvalue weighted by Crippen LogP contribution is 2.26. The zero-order valence-electron chi connectivity index (χ0n) is 36.7. The first-order valence-electron chi connectivity index (χ1n) is 23.9. The topological polar surface area (TPSA) is 78.9 Å². The molecular formula is C48H92O6. The van der Waals surface area contributed by atoms with Gasteiger partial charge in [-0.25, -0.2) is 0 Å². The zero-order valence-corrected chi connectivity index (χ0v) is 36.7. The number of carbonyl (C=O) groups is 3. The Balaban J connectivity index is 4.60. The van der Waals surface area contributed by atoms with Crippen molar-refractivity contribution >= 4 is 17.9 Å². The molecule has 0 spiro atoms. The fraction of sp³-hybridized carbons (Fsp3) is 0.938. The molecule has 0 unspecified atom stereocenters. The molecule has 0 aliphatic carbocycles. The molecule has 0 fully saturated rings. The highest BCUT2D eigenvalue weighted by molar-refractivity contribution is 5.70. The predicted octanol–water partition coefficient (Wildman–Crippen LogP) is 15.1. The smallest absolute Gasteiger partial charge is 0.305 e. The first kappa shape index (κ1) is 52.4. The second-order valence-corrected chi connectivity index (χ2v) is 16.7. The van der Waals surface area contributed by atoms with Crippen molar-refractivity contribution in [1.29, 1.82) is 0 Å². The standard InChI is InChI=1S/C48H92O6/c1-5-9-12-15-18-21-24-27-30-33-36-39-45(49)52-42-48(8-4,43-53-46(50)40-37-34-31-28-25-22-19-16-13-10-6-2)44-54-47(51)41-38-35-32-29-26-23-20-17-14-11-7-3/h5-44H2,1-4H3. The van der Waals surface area contributed by atoms with Crippen LogP contribution in [0.4, 0.5) is 0 Å². The van der Waals surface area contributed by atoms with Crippen LogP contribution in [-0.4, -0.2) is 37.7 Å². The van der Waals surface area contributed by atoms with E-state index >= 15 is 0 Å². The van der Waals surface area contributed by atoms with Crippen molar-refractivity contribution in [3.8, 4) is 0 Å². The van der Waals surface area contributed by atoms with Crippen LogP contribution in [0.25, 0.3) is 0 Å². The van der Waals surface area contributed by atoms with Gasteiger partial charge in [0, 0.05) is 19.3 Å². The van der Waals surface area contributed by atoms with Crippen LogP contribution < -0.4 is 0 Å². The van der Waals surface area contributed by atoms with Crippen LogP contribution in [0.15, 0.2) is 0 Å². The molecule has 0 saturated carbocycles. The number of esters is 3. The molecule has 6 heteroatoms. The summed E-state index contributed by atoms with van der Waals surface area (Å²) in [7, 11) is 0. The zero-order chi connectivity index (χ0) is 39.6. The van der Waals surface area contributed by atoms with Crippen molar-refractivity contribution < 1.29 is 28.6 Å². The quantitative estimate of drug-likeness (QED) is 0.0349. The summed E-state index contributed by atoms with van der Waals surface area (Å²) < 4.78 is 17.3. The molecule has 0 bridgehead atoms. The van der Waals surface area contributed by atoms with E-state index in [9.17, 15) is 14.4 Å². The van der Waals surface area contributed by atoms with Crippen molar-refractivity contribution in [2.24, 2.45) is 5.41 Å². The molecule has 0 radical (unpaired) electrons. The van der Waals surface area contributed by atoms with Gasteiger partial charge in [0.1, 0.15) is 19.8 Å². The Morgan fingerprint density at radius 1 is 0.296 bits per heavy atom. The highest BCUT2D eigenvalue weighted by Gasteiger charge is 2.34. The minimum atomic E-state index is -0.730. The third-order valence-electron chi connectivity index (χ3n) is 11.3. The summed E-state index contributed by atoms with van der Waals surface area (Å²) in [6, 6.07) is 0. The number of unbranched alkanes of at least 4 members (excludes halogenated alkanes) is 30. The van der Waals surface area contributed by atoms with E-state index < -0.39 is 5.41 Å². The van der Waals surface area contributed by atoms with Gasteiger partial charge in [-0.1, -0.05) is 220 Å². The summed E-state index contributed by atoms with van der Waals surface area (Å²) in [5.41, 5.74) is -0.730. The summed E-state index contributed by atoms with van der Waals surface area (Å²) in [5.74, 6) is -0.657. The van der Waals surface area contributed by atoms with Gasteiger partial charge in [0.25, 0.3) is 0 Å². The Kier molecular flexibility index (Phi) is 39.8. The number of hydrogen-bond acceptors (Lipinski definition) is 6. The predicted molar refractivity (Wildman–Crippen MR) is 229 cm³/mol. The third-order valence-corrected chi connectivity index (χ3v) is 11.3. The molecule has 0 saturated heterocycles. The highest BCUT2D eigenvalue weighted by atomic mass is 16.6. The summed E-state index contributed by atoms with van der Waals surface area (Å²) in [6.07, 6.45) is 42.5. The van der Waals surface area contributed by atoms with Gasteiger partial charge < -0.3 is 14.2 Å². The van der Waals surface area contributed by atoms with Crippen molar-refractivity contribution in [2.75, 3.05) is 19.8 Å². The molecular weight excluding hydrogens is 673 g/mol. The molecule has 54 heavy (non-hydrogen) atoms. The molecule has 0 N–H and O–H groups in total. The normalized spacial score (nSPS) is 11.6. The van der Waals surface area contributed by atoms with Crippen LogP contribution in [0.3, 0.4) is 0 Å². The van der Waals surface area contributed by atoms with Crippen LogP contribution in [0.2, 0.25) is 0 Å². The van der Waals surface area contributed by atoms with Gasteiger partial charge in [0.2, 0.25) is 0 Å². The van der Waals surface area contributed by atoms with Gasteiger partial charge in [0.05, 0.1) is 5.41 Å². The molecule has 0 aromatic heterocycles. The van der Waals surface area contributed by atoms with Gasteiger partial charge in [-0.2, -0.15) is 0 Å². The summed E-state index contributed by atoms with van der Waals surface area (Å²) >= 11 is 0. The van der Waals surface area contributed by atoms with Gasteiger partial charge >= 0.3 is 17.9 Å². The van der Waals surface area contributed by atoms with Crippen LogP contribution in [-0.2, 0) is 28.6 Å². The van der Waals surface area contributed by atoms with Crippen molar-refractivity contribution in [1.82, 2.24) is 0 Å². The van der Waals surface area contributed by atoms with Crippen molar-refractivity contribution in [3.63, 3.8) is 0 Å². The van der Waals surface area contributed by atoms with E-state index in [0.29, 0.717) is 25.7 Å². The third kappa shape index (κ3) is 36.1. The van der Waals surface area contributed by atoms with E-state index in [1.807, 2.05) is 6.92 Å².